The summed E-state index contributed by atoms with van der Waals surface area (Å²) in [4.78, 5) is 0. The van der Waals surface area contributed by atoms with Crippen molar-refractivity contribution in [3.8, 4) is 0 Å². The third-order valence-corrected chi connectivity index (χ3v) is 4.66. The Bertz CT molecular complexity index is 249. The average Bonchev–Trinajstić information content (AvgIpc) is 2.25. The molecule has 0 aromatic heterocycles. The number of hydrogen-bond acceptors (Lipinski definition) is 2. The summed E-state index contributed by atoms with van der Waals surface area (Å²) in [7, 11) is -1.12. The Hall–Kier alpha value is 0.0700. The van der Waals surface area contributed by atoms with Gasteiger partial charge in [-0.3, -0.25) is 0 Å². The molecule has 0 saturated heterocycles. The van der Waals surface area contributed by atoms with Crippen molar-refractivity contribution >= 4 is 11.0 Å². The van der Waals surface area contributed by atoms with Crippen LogP contribution in [0.5, 0.6) is 0 Å². The Kier molecular flexibility index (Phi) is 8.31. The van der Waals surface area contributed by atoms with Crippen LogP contribution in [-0.2, 0) is 11.0 Å². The third kappa shape index (κ3) is 6.86. The maximum absolute atomic E-state index is 12.1. The van der Waals surface area contributed by atoms with Crippen molar-refractivity contribution in [2.24, 2.45) is 5.92 Å². The Morgan fingerprint density at radius 1 is 1.22 bits per heavy atom. The monoisotopic (exact) mass is 277 g/mol. The van der Waals surface area contributed by atoms with E-state index in [4.69, 9.17) is 0 Å². The molecule has 0 aliphatic heterocycles. The lowest BCUT2D eigenvalue weighted by Gasteiger charge is -2.29. The zero-order valence-electron chi connectivity index (χ0n) is 12.8. The topological polar surface area (TPSA) is 49.3 Å². The van der Waals surface area contributed by atoms with Gasteiger partial charge in [0, 0.05) is 6.04 Å². The summed E-state index contributed by atoms with van der Waals surface area (Å²) in [6.07, 6.45) is 3.83. The third-order valence-electron chi connectivity index (χ3n) is 3.03. The van der Waals surface area contributed by atoms with Gasteiger partial charge in [-0.05, 0) is 33.1 Å². The highest BCUT2D eigenvalue weighted by Crippen LogP contribution is 2.17. The summed E-state index contributed by atoms with van der Waals surface area (Å²) in [6, 6.07) is -0.0726. The number of hydrogen-bond donors (Lipinski definition) is 2. The first-order valence-electron chi connectivity index (χ1n) is 7.06. The number of unbranched alkanes of at least 4 members (excludes halogenated alkanes) is 2. The molecule has 110 valence electrons. The average molecular weight is 277 g/mol. The van der Waals surface area contributed by atoms with Gasteiger partial charge in [0.1, 0.15) is 0 Å². The van der Waals surface area contributed by atoms with Crippen LogP contribution in [-0.4, -0.2) is 26.2 Å². The molecule has 0 amide bonds. The molecule has 0 aliphatic carbocycles. The summed E-state index contributed by atoms with van der Waals surface area (Å²) in [6.45, 7) is 12.0. The van der Waals surface area contributed by atoms with E-state index in [1.54, 1.807) is 0 Å². The highest BCUT2D eigenvalue weighted by Gasteiger charge is 2.27. The summed E-state index contributed by atoms with van der Waals surface area (Å²) >= 11 is 0. The first-order valence-corrected chi connectivity index (χ1v) is 8.21. The Morgan fingerprint density at radius 3 is 2.17 bits per heavy atom. The fourth-order valence-corrected chi connectivity index (χ4v) is 2.58. The van der Waals surface area contributed by atoms with Crippen molar-refractivity contribution in [3.63, 3.8) is 0 Å². The van der Waals surface area contributed by atoms with Gasteiger partial charge in [0.25, 0.3) is 0 Å². The fourth-order valence-electron chi connectivity index (χ4n) is 1.69. The molecule has 0 aliphatic rings. The fraction of sp³-hybridized carbons (Fsp3) is 1.00. The van der Waals surface area contributed by atoms with Gasteiger partial charge in [-0.2, -0.15) is 0 Å². The molecule has 0 saturated carbocycles. The second-order valence-electron chi connectivity index (χ2n) is 6.34. The smallest absolute Gasteiger partial charge is 0.0973 e. The van der Waals surface area contributed by atoms with Crippen molar-refractivity contribution in [3.05, 3.63) is 0 Å². The van der Waals surface area contributed by atoms with E-state index in [1.165, 1.54) is 0 Å². The maximum Gasteiger partial charge on any atom is 0.0973 e. The highest BCUT2D eigenvalue weighted by atomic mass is 32.2. The van der Waals surface area contributed by atoms with Crippen molar-refractivity contribution in [1.29, 1.82) is 0 Å². The summed E-state index contributed by atoms with van der Waals surface area (Å²) in [5, 5.41) is 10.2. The maximum atomic E-state index is 12.1. The van der Waals surface area contributed by atoms with Crippen LogP contribution in [0.15, 0.2) is 0 Å². The Labute approximate surface area is 115 Å². The van der Waals surface area contributed by atoms with Gasteiger partial charge < -0.3 is 5.11 Å². The van der Waals surface area contributed by atoms with Crippen molar-refractivity contribution in [1.82, 2.24) is 4.72 Å². The molecular weight excluding hydrogens is 246 g/mol. The van der Waals surface area contributed by atoms with Gasteiger partial charge >= 0.3 is 0 Å². The van der Waals surface area contributed by atoms with Gasteiger partial charge in [0.15, 0.2) is 0 Å². The minimum Gasteiger partial charge on any atom is -0.391 e. The molecule has 0 spiro atoms. The quantitative estimate of drug-likeness (QED) is 0.670. The first kappa shape index (κ1) is 18.1. The van der Waals surface area contributed by atoms with E-state index in [2.05, 4.69) is 11.6 Å². The van der Waals surface area contributed by atoms with E-state index < -0.39 is 17.1 Å². The van der Waals surface area contributed by atoms with Gasteiger partial charge in [-0.1, -0.05) is 40.0 Å². The summed E-state index contributed by atoms with van der Waals surface area (Å²) < 4.78 is 15.0. The SMILES string of the molecule is CCCCC[C@H](N[S@](=O)C(C)(C)C)[C@H](O)C(C)C. The molecule has 0 heterocycles. The first-order chi connectivity index (χ1) is 8.20. The lowest BCUT2D eigenvalue weighted by atomic mass is 9.96. The predicted molar refractivity (Wildman–Crippen MR) is 79.8 cm³/mol. The van der Waals surface area contributed by atoms with Crippen LogP contribution < -0.4 is 4.72 Å². The van der Waals surface area contributed by atoms with Gasteiger partial charge in [0.05, 0.1) is 21.8 Å². The molecule has 0 aromatic rings. The molecule has 0 unspecified atom stereocenters. The summed E-state index contributed by atoms with van der Waals surface area (Å²) in [5.41, 5.74) is 0. The molecule has 0 bridgehead atoms. The van der Waals surface area contributed by atoms with Crippen LogP contribution in [0, 0.1) is 5.92 Å². The molecule has 2 N–H and O–H groups in total. The van der Waals surface area contributed by atoms with Crippen LogP contribution in [0.4, 0.5) is 0 Å². The molecule has 0 fully saturated rings. The normalized spacial score (nSPS) is 17.8. The Balaban J connectivity index is 4.51. The molecular formula is C14H31NO2S. The number of aliphatic hydroxyl groups is 1. The second-order valence-corrected chi connectivity index (χ2v) is 8.33. The van der Waals surface area contributed by atoms with Crippen molar-refractivity contribution in [2.75, 3.05) is 0 Å². The molecule has 4 heteroatoms. The molecule has 3 nitrogen and oxygen atoms in total. The van der Waals surface area contributed by atoms with Crippen LogP contribution in [0.25, 0.3) is 0 Å². The van der Waals surface area contributed by atoms with E-state index in [0.717, 1.165) is 25.7 Å². The minimum atomic E-state index is -1.12. The lowest BCUT2D eigenvalue weighted by molar-refractivity contribution is 0.0878. The molecule has 0 radical (unpaired) electrons. The highest BCUT2D eigenvalue weighted by molar-refractivity contribution is 7.84. The van der Waals surface area contributed by atoms with E-state index >= 15 is 0 Å². The number of aliphatic hydroxyl groups excluding tert-OH is 1. The predicted octanol–water partition coefficient (Wildman–Crippen LogP) is 3.00. The molecule has 3 atom stereocenters. The van der Waals surface area contributed by atoms with Crippen LogP contribution in [0.3, 0.4) is 0 Å². The standard InChI is InChI=1S/C14H31NO2S/c1-7-8-9-10-12(13(16)11(2)3)15-18(17)14(4,5)6/h11-13,15-16H,7-10H2,1-6H3/t12-,13+,18+/m0/s1. The second kappa shape index (κ2) is 8.28. The van der Waals surface area contributed by atoms with E-state index in [1.807, 2.05) is 34.6 Å². The number of nitrogens with one attached hydrogen (secondary N) is 1. The zero-order chi connectivity index (χ0) is 14.3. The van der Waals surface area contributed by atoms with Gasteiger partial charge in [-0.25, -0.2) is 8.93 Å². The molecule has 0 rings (SSSR count). The molecule has 18 heavy (non-hydrogen) atoms. The lowest BCUT2D eigenvalue weighted by Crippen LogP contribution is -2.47. The van der Waals surface area contributed by atoms with Crippen LogP contribution in [0.2, 0.25) is 0 Å². The van der Waals surface area contributed by atoms with Gasteiger partial charge in [0.2, 0.25) is 0 Å². The zero-order valence-corrected chi connectivity index (χ0v) is 13.6. The summed E-state index contributed by atoms with van der Waals surface area (Å²) in [5.74, 6) is 0.182. The van der Waals surface area contributed by atoms with Crippen LogP contribution in [0.1, 0.15) is 67.2 Å². The van der Waals surface area contributed by atoms with Crippen molar-refractivity contribution < 1.29 is 9.32 Å². The minimum absolute atomic E-state index is 0.0726. The van der Waals surface area contributed by atoms with Crippen molar-refractivity contribution in [2.45, 2.75) is 84.1 Å². The largest absolute Gasteiger partial charge is 0.391 e. The van der Waals surface area contributed by atoms with E-state index in [0.29, 0.717) is 0 Å². The van der Waals surface area contributed by atoms with Crippen LogP contribution >= 0.6 is 0 Å². The van der Waals surface area contributed by atoms with E-state index in [-0.39, 0.29) is 16.7 Å². The Morgan fingerprint density at radius 2 is 1.78 bits per heavy atom. The van der Waals surface area contributed by atoms with Gasteiger partial charge in [-0.15, -0.1) is 0 Å². The number of rotatable bonds is 8. The van der Waals surface area contributed by atoms with E-state index in [9.17, 15) is 9.32 Å². The molecule has 0 aromatic carbocycles.